The van der Waals surface area contributed by atoms with Crippen LogP contribution in [0.1, 0.15) is 5.56 Å². The van der Waals surface area contributed by atoms with Gasteiger partial charge in [-0.25, -0.2) is 4.98 Å². The number of nitrogens with zero attached hydrogens (tertiary/aromatic N) is 4. The summed E-state index contributed by atoms with van der Waals surface area (Å²) in [6.45, 7) is 1.89. The fraction of sp³-hybridized carbons (Fsp3) is 0.0714. The minimum atomic E-state index is -0.489. The molecule has 0 aliphatic heterocycles. The number of nitro benzene ring substituents is 1. The first-order chi connectivity index (χ1) is 10.1. The second-order valence-corrected chi connectivity index (χ2v) is 4.62. The van der Waals surface area contributed by atoms with E-state index >= 15 is 0 Å². The summed E-state index contributed by atoms with van der Waals surface area (Å²) in [5.74, 6) is 0.134. The molecule has 3 rings (SSSR count). The Labute approximate surface area is 119 Å². The summed E-state index contributed by atoms with van der Waals surface area (Å²) in [6.07, 6.45) is 1.75. The van der Waals surface area contributed by atoms with Crippen LogP contribution in [0.3, 0.4) is 0 Å². The SMILES string of the molecule is Cc1ccc2nc(-c3cccc([N+](=O)[O-])c3)c(N=O)n2c1. The molecule has 0 atom stereocenters. The van der Waals surface area contributed by atoms with Gasteiger partial charge in [0.1, 0.15) is 11.3 Å². The number of imidazole rings is 1. The highest BCUT2D eigenvalue weighted by Crippen LogP contribution is 2.32. The summed E-state index contributed by atoms with van der Waals surface area (Å²) in [7, 11) is 0. The zero-order valence-electron chi connectivity index (χ0n) is 11.1. The first kappa shape index (κ1) is 12.9. The highest BCUT2D eigenvalue weighted by Gasteiger charge is 2.17. The van der Waals surface area contributed by atoms with E-state index in [9.17, 15) is 15.0 Å². The molecule has 2 aromatic heterocycles. The van der Waals surface area contributed by atoms with Gasteiger partial charge in [-0.2, -0.15) is 0 Å². The number of fused-ring (bicyclic) bond motifs is 1. The number of nitro groups is 1. The Bertz CT molecular complexity index is 870. The van der Waals surface area contributed by atoms with Crippen LogP contribution in [0.25, 0.3) is 16.9 Å². The molecule has 7 nitrogen and oxygen atoms in total. The summed E-state index contributed by atoms with van der Waals surface area (Å²) in [5, 5.41) is 13.9. The van der Waals surface area contributed by atoms with Gasteiger partial charge in [0.15, 0.2) is 0 Å². The minimum absolute atomic E-state index is 0.0578. The molecule has 0 fully saturated rings. The Balaban J connectivity index is 2.27. The van der Waals surface area contributed by atoms with Crippen molar-refractivity contribution in [1.82, 2.24) is 9.38 Å². The van der Waals surface area contributed by atoms with Crippen LogP contribution >= 0.6 is 0 Å². The average molecular weight is 282 g/mol. The Hall–Kier alpha value is -3.09. The van der Waals surface area contributed by atoms with Gasteiger partial charge >= 0.3 is 0 Å². The van der Waals surface area contributed by atoms with E-state index < -0.39 is 4.92 Å². The van der Waals surface area contributed by atoms with Crippen molar-refractivity contribution in [2.45, 2.75) is 6.92 Å². The van der Waals surface area contributed by atoms with Crippen LogP contribution in [0, 0.1) is 21.9 Å². The monoisotopic (exact) mass is 282 g/mol. The summed E-state index contributed by atoms with van der Waals surface area (Å²) in [5.41, 5.74) is 2.28. The largest absolute Gasteiger partial charge is 0.281 e. The molecule has 0 bridgehead atoms. The van der Waals surface area contributed by atoms with Crippen LogP contribution in [-0.4, -0.2) is 14.3 Å². The fourth-order valence-electron chi connectivity index (χ4n) is 2.19. The van der Waals surface area contributed by atoms with Crippen LogP contribution in [0.5, 0.6) is 0 Å². The Morgan fingerprint density at radius 1 is 1.29 bits per heavy atom. The van der Waals surface area contributed by atoms with Crippen molar-refractivity contribution in [1.29, 1.82) is 0 Å². The number of benzene rings is 1. The van der Waals surface area contributed by atoms with Crippen LogP contribution < -0.4 is 0 Å². The van der Waals surface area contributed by atoms with Crippen molar-refractivity contribution in [3.05, 3.63) is 63.2 Å². The molecule has 0 aliphatic carbocycles. The van der Waals surface area contributed by atoms with Crippen molar-refractivity contribution in [3.63, 3.8) is 0 Å². The molecule has 104 valence electrons. The maximum atomic E-state index is 11.2. The number of aromatic nitrogens is 2. The third kappa shape index (κ3) is 2.14. The van der Waals surface area contributed by atoms with Gasteiger partial charge in [-0.1, -0.05) is 18.2 Å². The van der Waals surface area contributed by atoms with Crippen LogP contribution in [0.4, 0.5) is 11.5 Å². The standard InChI is InChI=1S/C14H10N4O3/c1-9-5-6-12-15-13(14(16-19)17(12)8-9)10-3-2-4-11(7-10)18(20)21/h2-8H,1H3. The molecule has 3 aromatic rings. The highest BCUT2D eigenvalue weighted by atomic mass is 16.6. The molecule has 21 heavy (non-hydrogen) atoms. The van der Waals surface area contributed by atoms with Gasteiger partial charge in [-0.3, -0.25) is 14.5 Å². The van der Waals surface area contributed by atoms with Gasteiger partial charge in [0.05, 0.1) is 4.92 Å². The van der Waals surface area contributed by atoms with Crippen molar-refractivity contribution in [2.24, 2.45) is 5.18 Å². The number of rotatable bonds is 3. The van der Waals surface area contributed by atoms with Crippen molar-refractivity contribution < 1.29 is 4.92 Å². The summed E-state index contributed by atoms with van der Waals surface area (Å²) in [6, 6.07) is 9.62. The van der Waals surface area contributed by atoms with Crippen LogP contribution in [0.2, 0.25) is 0 Å². The lowest BCUT2D eigenvalue weighted by molar-refractivity contribution is -0.384. The molecule has 7 heteroatoms. The summed E-state index contributed by atoms with van der Waals surface area (Å²) >= 11 is 0. The zero-order valence-corrected chi connectivity index (χ0v) is 11.1. The van der Waals surface area contributed by atoms with E-state index in [0.717, 1.165) is 5.56 Å². The van der Waals surface area contributed by atoms with E-state index in [1.165, 1.54) is 12.1 Å². The molecule has 0 saturated carbocycles. The second kappa shape index (κ2) is 4.78. The predicted molar refractivity (Wildman–Crippen MR) is 77.5 cm³/mol. The Morgan fingerprint density at radius 2 is 2.10 bits per heavy atom. The van der Waals surface area contributed by atoms with Gasteiger partial charge in [-0.15, -0.1) is 4.91 Å². The molecule has 1 aromatic carbocycles. The number of non-ortho nitro benzene ring substituents is 1. The van der Waals surface area contributed by atoms with E-state index in [0.29, 0.717) is 16.9 Å². The highest BCUT2D eigenvalue weighted by molar-refractivity contribution is 5.75. The van der Waals surface area contributed by atoms with Gasteiger partial charge in [0, 0.05) is 23.9 Å². The second-order valence-electron chi connectivity index (χ2n) is 4.62. The van der Waals surface area contributed by atoms with Gasteiger partial charge in [0.2, 0.25) is 5.82 Å². The third-order valence-electron chi connectivity index (χ3n) is 3.16. The summed E-state index contributed by atoms with van der Waals surface area (Å²) in [4.78, 5) is 25.9. The van der Waals surface area contributed by atoms with E-state index in [1.54, 1.807) is 28.8 Å². The van der Waals surface area contributed by atoms with E-state index in [2.05, 4.69) is 10.2 Å². The molecule has 0 saturated heterocycles. The first-order valence-corrected chi connectivity index (χ1v) is 6.17. The normalized spacial score (nSPS) is 10.7. The Morgan fingerprint density at radius 3 is 2.81 bits per heavy atom. The molecule has 0 N–H and O–H groups in total. The molecule has 0 spiro atoms. The molecule has 0 aliphatic rings. The average Bonchev–Trinajstić information content (AvgIpc) is 2.85. The topological polar surface area (TPSA) is 89.9 Å². The summed E-state index contributed by atoms with van der Waals surface area (Å²) < 4.78 is 1.58. The zero-order chi connectivity index (χ0) is 15.0. The van der Waals surface area contributed by atoms with Gasteiger partial charge < -0.3 is 0 Å². The maximum absolute atomic E-state index is 11.2. The minimum Gasteiger partial charge on any atom is -0.281 e. The number of aryl methyl sites for hydroxylation is 1. The quantitative estimate of drug-likeness (QED) is 0.417. The van der Waals surface area contributed by atoms with Gasteiger partial charge in [-0.05, 0) is 23.7 Å². The predicted octanol–water partition coefficient (Wildman–Crippen LogP) is 3.62. The van der Waals surface area contributed by atoms with Crippen LogP contribution in [-0.2, 0) is 0 Å². The first-order valence-electron chi connectivity index (χ1n) is 6.17. The number of hydrogen-bond donors (Lipinski definition) is 0. The lowest BCUT2D eigenvalue weighted by atomic mass is 10.1. The van der Waals surface area contributed by atoms with E-state index in [1.807, 2.05) is 13.0 Å². The molecular weight excluding hydrogens is 272 g/mol. The fourth-order valence-corrected chi connectivity index (χ4v) is 2.19. The maximum Gasteiger partial charge on any atom is 0.270 e. The van der Waals surface area contributed by atoms with Crippen LogP contribution in [0.15, 0.2) is 47.8 Å². The Kier molecular flexibility index (Phi) is 2.94. The number of nitroso groups, excluding NO2 is 1. The molecular formula is C14H10N4O3. The molecule has 0 radical (unpaired) electrons. The van der Waals surface area contributed by atoms with Gasteiger partial charge in [0.25, 0.3) is 5.69 Å². The smallest absolute Gasteiger partial charge is 0.270 e. The lowest BCUT2D eigenvalue weighted by Crippen LogP contribution is -1.88. The molecule has 0 amide bonds. The van der Waals surface area contributed by atoms with Crippen molar-refractivity contribution in [3.8, 4) is 11.3 Å². The number of hydrogen-bond acceptors (Lipinski definition) is 5. The molecule has 2 heterocycles. The number of pyridine rings is 1. The molecule has 0 unspecified atom stereocenters. The van der Waals surface area contributed by atoms with E-state index in [-0.39, 0.29) is 11.5 Å². The van der Waals surface area contributed by atoms with Crippen molar-refractivity contribution >= 4 is 17.2 Å². The third-order valence-corrected chi connectivity index (χ3v) is 3.16. The lowest BCUT2D eigenvalue weighted by Gasteiger charge is -1.98. The van der Waals surface area contributed by atoms with E-state index in [4.69, 9.17) is 0 Å². The van der Waals surface area contributed by atoms with Crippen molar-refractivity contribution in [2.75, 3.05) is 0 Å².